The number of anilines is 1. The highest BCUT2D eigenvalue weighted by atomic mass is 35.5. The number of aromatic nitrogens is 1. The molecule has 2 atom stereocenters. The van der Waals surface area contributed by atoms with Crippen molar-refractivity contribution in [1.82, 2.24) is 4.98 Å². The Hall–Kier alpha value is -0.830. The highest BCUT2D eigenvalue weighted by molar-refractivity contribution is 6.20. The molecule has 0 amide bonds. The molecule has 2 rings (SSSR count). The minimum atomic E-state index is -0.309. The third-order valence-corrected chi connectivity index (χ3v) is 3.41. The number of halogens is 2. The molecule has 0 bridgehead atoms. The Bertz CT molecular complexity index is 315. The number of rotatable bonds is 3. The zero-order valence-electron chi connectivity index (χ0n) is 8.42. The lowest BCUT2D eigenvalue weighted by Crippen LogP contribution is -2.18. The van der Waals surface area contributed by atoms with Gasteiger partial charge in [0.25, 0.3) is 0 Å². The summed E-state index contributed by atoms with van der Waals surface area (Å²) in [6.45, 7) is 0.826. The van der Waals surface area contributed by atoms with Gasteiger partial charge in [-0.25, -0.2) is 9.37 Å². The monoisotopic (exact) mass is 228 g/mol. The van der Waals surface area contributed by atoms with E-state index in [0.717, 1.165) is 13.0 Å². The summed E-state index contributed by atoms with van der Waals surface area (Å²) in [5.41, 5.74) is 0. The fraction of sp³-hybridized carbons (Fsp3) is 0.545. The predicted octanol–water partition coefficient (Wildman–Crippen LogP) is 3.04. The topological polar surface area (TPSA) is 24.9 Å². The highest BCUT2D eigenvalue weighted by Gasteiger charge is 2.24. The number of hydrogen-bond donors (Lipinski definition) is 1. The maximum atomic E-state index is 12.6. The van der Waals surface area contributed by atoms with Crippen molar-refractivity contribution in [3.8, 4) is 0 Å². The second-order valence-electron chi connectivity index (χ2n) is 3.95. The largest absolute Gasteiger partial charge is 0.370 e. The Morgan fingerprint density at radius 1 is 1.47 bits per heavy atom. The van der Waals surface area contributed by atoms with E-state index < -0.39 is 0 Å². The quantitative estimate of drug-likeness (QED) is 0.805. The maximum Gasteiger partial charge on any atom is 0.141 e. The molecule has 1 aliphatic carbocycles. The maximum absolute atomic E-state index is 12.6. The lowest BCUT2D eigenvalue weighted by molar-refractivity contribution is 0.584. The Balaban J connectivity index is 1.85. The van der Waals surface area contributed by atoms with Crippen molar-refractivity contribution in [2.45, 2.75) is 24.6 Å². The second-order valence-corrected chi connectivity index (χ2v) is 4.51. The third-order valence-electron chi connectivity index (χ3n) is 2.84. The molecule has 0 saturated heterocycles. The van der Waals surface area contributed by atoms with Gasteiger partial charge in [0.15, 0.2) is 0 Å². The standard InChI is InChI=1S/C11H14ClFN2/c12-10-3-1-2-8(10)6-14-11-5-4-9(13)7-15-11/h4-5,7-8,10H,1-3,6H2,(H,14,15). The Labute approximate surface area is 93.9 Å². The fourth-order valence-electron chi connectivity index (χ4n) is 1.94. The number of nitrogens with one attached hydrogen (secondary N) is 1. The number of nitrogens with zero attached hydrogens (tertiary/aromatic N) is 1. The highest BCUT2D eigenvalue weighted by Crippen LogP contribution is 2.30. The van der Waals surface area contributed by atoms with Crippen LogP contribution in [0.15, 0.2) is 18.3 Å². The molecule has 1 fully saturated rings. The zero-order valence-corrected chi connectivity index (χ0v) is 9.17. The molecule has 1 aromatic heterocycles. The molecule has 0 aromatic carbocycles. The first-order valence-corrected chi connectivity index (χ1v) is 5.69. The SMILES string of the molecule is Fc1ccc(NCC2CCCC2Cl)nc1. The minimum absolute atomic E-state index is 0.276. The smallest absolute Gasteiger partial charge is 0.141 e. The van der Waals surface area contributed by atoms with Gasteiger partial charge >= 0.3 is 0 Å². The summed E-state index contributed by atoms with van der Waals surface area (Å²) in [6, 6.07) is 3.05. The van der Waals surface area contributed by atoms with Crippen LogP contribution in [-0.4, -0.2) is 16.9 Å². The first-order chi connectivity index (χ1) is 7.25. The van der Waals surface area contributed by atoms with Crippen molar-refractivity contribution in [2.75, 3.05) is 11.9 Å². The molecular formula is C11H14ClFN2. The van der Waals surface area contributed by atoms with E-state index in [0.29, 0.717) is 11.7 Å². The lowest BCUT2D eigenvalue weighted by atomic mass is 10.1. The fourth-order valence-corrected chi connectivity index (χ4v) is 2.31. The van der Waals surface area contributed by atoms with Gasteiger partial charge in [0.2, 0.25) is 0 Å². The van der Waals surface area contributed by atoms with Gasteiger partial charge in [-0.15, -0.1) is 11.6 Å². The van der Waals surface area contributed by atoms with Gasteiger partial charge in [-0.1, -0.05) is 6.42 Å². The molecule has 2 nitrogen and oxygen atoms in total. The molecule has 1 heterocycles. The van der Waals surface area contributed by atoms with Crippen molar-refractivity contribution in [3.05, 3.63) is 24.1 Å². The molecule has 1 aromatic rings. The van der Waals surface area contributed by atoms with Gasteiger partial charge in [-0.3, -0.25) is 0 Å². The summed E-state index contributed by atoms with van der Waals surface area (Å²) in [6.07, 6.45) is 4.69. The Morgan fingerprint density at radius 2 is 2.33 bits per heavy atom. The minimum Gasteiger partial charge on any atom is -0.370 e. The molecule has 15 heavy (non-hydrogen) atoms. The molecule has 0 aliphatic heterocycles. The van der Waals surface area contributed by atoms with E-state index in [1.807, 2.05) is 0 Å². The van der Waals surface area contributed by atoms with E-state index in [1.54, 1.807) is 6.07 Å². The van der Waals surface area contributed by atoms with Crippen molar-refractivity contribution in [3.63, 3.8) is 0 Å². The average Bonchev–Trinajstić information content (AvgIpc) is 2.63. The van der Waals surface area contributed by atoms with Crippen LogP contribution in [-0.2, 0) is 0 Å². The summed E-state index contributed by atoms with van der Waals surface area (Å²) in [5.74, 6) is 0.919. The van der Waals surface area contributed by atoms with Crippen LogP contribution in [0.1, 0.15) is 19.3 Å². The lowest BCUT2D eigenvalue weighted by Gasteiger charge is -2.14. The first-order valence-electron chi connectivity index (χ1n) is 5.25. The number of pyridine rings is 1. The van der Waals surface area contributed by atoms with E-state index in [-0.39, 0.29) is 11.2 Å². The summed E-state index contributed by atoms with van der Waals surface area (Å²) < 4.78 is 12.6. The third kappa shape index (κ3) is 2.81. The van der Waals surface area contributed by atoms with Crippen molar-refractivity contribution >= 4 is 17.4 Å². The van der Waals surface area contributed by atoms with Crippen molar-refractivity contribution in [2.24, 2.45) is 5.92 Å². The van der Waals surface area contributed by atoms with E-state index in [1.165, 1.54) is 25.1 Å². The summed E-state index contributed by atoms with van der Waals surface area (Å²) in [5, 5.41) is 3.46. The molecule has 2 unspecified atom stereocenters. The van der Waals surface area contributed by atoms with Gasteiger partial charge < -0.3 is 5.32 Å². The van der Waals surface area contributed by atoms with Crippen LogP contribution < -0.4 is 5.32 Å². The zero-order chi connectivity index (χ0) is 10.7. The van der Waals surface area contributed by atoms with E-state index >= 15 is 0 Å². The van der Waals surface area contributed by atoms with Gasteiger partial charge in [-0.2, -0.15) is 0 Å². The molecule has 4 heteroatoms. The van der Waals surface area contributed by atoms with Gasteiger partial charge in [0.05, 0.1) is 6.20 Å². The second kappa shape index (κ2) is 4.79. The van der Waals surface area contributed by atoms with Crippen LogP contribution in [0.5, 0.6) is 0 Å². The van der Waals surface area contributed by atoms with E-state index in [2.05, 4.69) is 10.3 Å². The molecule has 1 N–H and O–H groups in total. The van der Waals surface area contributed by atoms with Gasteiger partial charge in [0, 0.05) is 11.9 Å². The van der Waals surface area contributed by atoms with Gasteiger partial charge in [-0.05, 0) is 30.9 Å². The molecule has 0 radical (unpaired) electrons. The summed E-state index contributed by atoms with van der Waals surface area (Å²) in [4.78, 5) is 3.94. The summed E-state index contributed by atoms with van der Waals surface area (Å²) >= 11 is 6.15. The van der Waals surface area contributed by atoms with E-state index in [9.17, 15) is 4.39 Å². The molecule has 1 saturated carbocycles. The molecule has 1 aliphatic rings. The van der Waals surface area contributed by atoms with Crippen LogP contribution in [0.4, 0.5) is 10.2 Å². The predicted molar refractivity (Wildman–Crippen MR) is 59.7 cm³/mol. The van der Waals surface area contributed by atoms with E-state index in [4.69, 9.17) is 11.6 Å². The first kappa shape index (κ1) is 10.7. The van der Waals surface area contributed by atoms with Crippen LogP contribution in [0, 0.1) is 11.7 Å². The van der Waals surface area contributed by atoms with Crippen LogP contribution in [0.2, 0.25) is 0 Å². The normalized spacial score (nSPS) is 25.5. The van der Waals surface area contributed by atoms with Crippen LogP contribution in [0.25, 0.3) is 0 Å². The van der Waals surface area contributed by atoms with Crippen molar-refractivity contribution < 1.29 is 4.39 Å². The Kier molecular flexibility index (Phi) is 3.41. The van der Waals surface area contributed by atoms with Crippen LogP contribution >= 0.6 is 11.6 Å². The van der Waals surface area contributed by atoms with Crippen molar-refractivity contribution in [1.29, 1.82) is 0 Å². The average molecular weight is 229 g/mol. The van der Waals surface area contributed by atoms with Crippen LogP contribution in [0.3, 0.4) is 0 Å². The molecular weight excluding hydrogens is 215 g/mol. The number of hydrogen-bond acceptors (Lipinski definition) is 2. The molecule has 0 spiro atoms. The van der Waals surface area contributed by atoms with Gasteiger partial charge in [0.1, 0.15) is 11.6 Å². The number of alkyl halides is 1. The summed E-state index contributed by atoms with van der Waals surface area (Å²) in [7, 11) is 0. The Morgan fingerprint density at radius 3 is 2.93 bits per heavy atom. The molecule has 82 valence electrons.